The number of nitrogens with one attached hydrogen (secondary N) is 1. The van der Waals surface area contributed by atoms with Gasteiger partial charge in [-0.15, -0.1) is 0 Å². The SMILES string of the molecule is S=Nc1ccc2[nH]ccc2c1. The van der Waals surface area contributed by atoms with Crippen molar-refractivity contribution in [1.29, 1.82) is 0 Å². The molecule has 3 heteroatoms. The minimum atomic E-state index is 0.840. The lowest BCUT2D eigenvalue weighted by molar-refractivity contribution is 1.47. The van der Waals surface area contributed by atoms with Gasteiger partial charge in [0.1, 0.15) is 0 Å². The third kappa shape index (κ3) is 1.03. The molecule has 0 saturated heterocycles. The lowest BCUT2D eigenvalue weighted by Crippen LogP contribution is -1.65. The highest BCUT2D eigenvalue weighted by Gasteiger charge is 1.93. The second-order valence-corrected chi connectivity index (χ2v) is 2.52. The molecular formula is C8H6N2S. The third-order valence-electron chi connectivity index (χ3n) is 1.64. The molecule has 11 heavy (non-hydrogen) atoms. The number of benzene rings is 1. The van der Waals surface area contributed by atoms with Crippen molar-refractivity contribution >= 4 is 29.0 Å². The molecule has 1 N–H and O–H groups in total. The van der Waals surface area contributed by atoms with Gasteiger partial charge in [0.05, 0.1) is 5.69 Å². The molecule has 0 radical (unpaired) electrons. The van der Waals surface area contributed by atoms with Crippen LogP contribution in [0.4, 0.5) is 5.69 Å². The van der Waals surface area contributed by atoms with Crippen LogP contribution in [0.1, 0.15) is 0 Å². The number of nitrogens with zero attached hydrogens (tertiary/aromatic N) is 1. The Morgan fingerprint density at radius 1 is 1.27 bits per heavy atom. The highest BCUT2D eigenvalue weighted by molar-refractivity contribution is 7.47. The van der Waals surface area contributed by atoms with Crippen LogP contribution in [0.3, 0.4) is 0 Å². The van der Waals surface area contributed by atoms with E-state index in [4.69, 9.17) is 0 Å². The van der Waals surface area contributed by atoms with E-state index in [1.54, 1.807) is 0 Å². The van der Waals surface area contributed by atoms with Gasteiger partial charge in [0.2, 0.25) is 0 Å². The van der Waals surface area contributed by atoms with Crippen LogP contribution < -0.4 is 0 Å². The Balaban J connectivity index is 2.76. The number of hydrogen-bond donors (Lipinski definition) is 1. The molecule has 0 aliphatic heterocycles. The second-order valence-electron chi connectivity index (χ2n) is 2.34. The molecule has 0 aliphatic carbocycles. The predicted molar refractivity (Wildman–Crippen MR) is 47.8 cm³/mol. The fourth-order valence-corrected chi connectivity index (χ4v) is 1.21. The second kappa shape index (κ2) is 2.43. The van der Waals surface area contributed by atoms with Crippen LogP contribution >= 0.6 is 0 Å². The summed E-state index contributed by atoms with van der Waals surface area (Å²) in [6.45, 7) is 0. The predicted octanol–water partition coefficient (Wildman–Crippen LogP) is 2.53. The minimum absolute atomic E-state index is 0.840. The largest absolute Gasteiger partial charge is 0.361 e. The summed E-state index contributed by atoms with van der Waals surface area (Å²) < 4.78 is 3.67. The first-order valence-corrected chi connectivity index (χ1v) is 3.67. The Bertz CT molecular complexity index is 392. The molecule has 0 bridgehead atoms. The van der Waals surface area contributed by atoms with Crippen LogP contribution in [0.2, 0.25) is 0 Å². The van der Waals surface area contributed by atoms with Crippen molar-refractivity contribution in [3.05, 3.63) is 30.5 Å². The molecule has 0 unspecified atom stereocenters. The van der Waals surface area contributed by atoms with Gasteiger partial charge in [-0.05, 0) is 24.3 Å². The Kier molecular flexibility index (Phi) is 1.43. The lowest BCUT2D eigenvalue weighted by Gasteiger charge is -1.90. The van der Waals surface area contributed by atoms with Gasteiger partial charge in [-0.25, -0.2) is 0 Å². The van der Waals surface area contributed by atoms with Crippen molar-refractivity contribution in [2.75, 3.05) is 0 Å². The van der Waals surface area contributed by atoms with Crippen molar-refractivity contribution < 1.29 is 0 Å². The van der Waals surface area contributed by atoms with E-state index in [0.717, 1.165) is 16.6 Å². The normalized spacial score (nSPS) is 10.2. The van der Waals surface area contributed by atoms with E-state index in [1.165, 1.54) is 0 Å². The summed E-state index contributed by atoms with van der Waals surface area (Å²) in [5.41, 5.74) is 1.96. The number of aromatic nitrogens is 1. The van der Waals surface area contributed by atoms with Crippen LogP contribution in [0.5, 0.6) is 0 Å². The van der Waals surface area contributed by atoms with Gasteiger partial charge in [0.25, 0.3) is 0 Å². The molecule has 0 spiro atoms. The highest BCUT2D eigenvalue weighted by Crippen LogP contribution is 2.19. The molecule has 2 nitrogen and oxygen atoms in total. The van der Waals surface area contributed by atoms with Crippen LogP contribution in [0.15, 0.2) is 34.8 Å². The van der Waals surface area contributed by atoms with E-state index in [-0.39, 0.29) is 0 Å². The molecule has 2 aromatic rings. The summed E-state index contributed by atoms with van der Waals surface area (Å²) in [6.07, 6.45) is 1.90. The summed E-state index contributed by atoms with van der Waals surface area (Å²) in [6, 6.07) is 7.82. The topological polar surface area (TPSA) is 28.1 Å². The van der Waals surface area contributed by atoms with Crippen molar-refractivity contribution in [3.63, 3.8) is 0 Å². The zero-order valence-corrected chi connectivity index (χ0v) is 6.56. The van der Waals surface area contributed by atoms with Gasteiger partial charge in [-0.1, -0.05) is 0 Å². The fourth-order valence-electron chi connectivity index (χ4n) is 1.10. The van der Waals surface area contributed by atoms with Gasteiger partial charge >= 0.3 is 0 Å². The summed E-state index contributed by atoms with van der Waals surface area (Å²) >= 11 is 4.57. The van der Waals surface area contributed by atoms with Crippen LogP contribution in [-0.2, 0) is 12.4 Å². The van der Waals surface area contributed by atoms with Crippen molar-refractivity contribution in [2.45, 2.75) is 0 Å². The molecule has 0 aliphatic rings. The Labute approximate surface area is 69.4 Å². The smallest absolute Gasteiger partial charge is 0.0776 e. The quantitative estimate of drug-likeness (QED) is 0.685. The Morgan fingerprint density at radius 2 is 2.18 bits per heavy atom. The molecule has 0 saturated carbocycles. The van der Waals surface area contributed by atoms with E-state index < -0.39 is 0 Å². The summed E-state index contributed by atoms with van der Waals surface area (Å²) in [5.74, 6) is 0. The van der Waals surface area contributed by atoms with E-state index in [0.29, 0.717) is 0 Å². The van der Waals surface area contributed by atoms with Gasteiger partial charge in [0, 0.05) is 29.5 Å². The lowest BCUT2D eigenvalue weighted by atomic mass is 10.2. The minimum Gasteiger partial charge on any atom is -0.361 e. The van der Waals surface area contributed by atoms with E-state index in [1.807, 2.05) is 30.5 Å². The molecule has 54 valence electrons. The number of aromatic amines is 1. The highest BCUT2D eigenvalue weighted by atomic mass is 32.1. The van der Waals surface area contributed by atoms with E-state index >= 15 is 0 Å². The molecule has 2 rings (SSSR count). The monoisotopic (exact) mass is 162 g/mol. The maximum Gasteiger partial charge on any atom is 0.0776 e. The van der Waals surface area contributed by atoms with E-state index in [9.17, 15) is 0 Å². The maximum atomic E-state index is 4.57. The molecule has 1 aromatic carbocycles. The van der Waals surface area contributed by atoms with Crippen LogP contribution in [-0.4, -0.2) is 4.98 Å². The first-order valence-electron chi connectivity index (χ1n) is 3.30. The van der Waals surface area contributed by atoms with Gasteiger partial charge in [-0.3, -0.25) is 0 Å². The summed E-state index contributed by atoms with van der Waals surface area (Å²) in [5, 5.41) is 1.15. The fraction of sp³-hybridized carbons (Fsp3) is 0. The average Bonchev–Trinajstić information content (AvgIpc) is 2.50. The number of rotatable bonds is 1. The zero-order valence-electron chi connectivity index (χ0n) is 5.74. The maximum absolute atomic E-state index is 4.57. The number of H-pyrrole nitrogens is 1. The Morgan fingerprint density at radius 3 is 3.00 bits per heavy atom. The number of hydrogen-bond acceptors (Lipinski definition) is 2. The third-order valence-corrected chi connectivity index (χ3v) is 1.85. The molecule has 1 heterocycles. The molecule has 1 aromatic heterocycles. The van der Waals surface area contributed by atoms with Crippen molar-refractivity contribution in [1.82, 2.24) is 4.98 Å². The summed E-state index contributed by atoms with van der Waals surface area (Å²) in [4.78, 5) is 3.10. The first kappa shape index (κ1) is 6.49. The van der Waals surface area contributed by atoms with Gasteiger partial charge in [0.15, 0.2) is 0 Å². The molecular weight excluding hydrogens is 156 g/mol. The average molecular weight is 162 g/mol. The zero-order chi connectivity index (χ0) is 7.68. The first-order chi connectivity index (χ1) is 5.40. The van der Waals surface area contributed by atoms with Crippen LogP contribution in [0, 0.1) is 0 Å². The van der Waals surface area contributed by atoms with E-state index in [2.05, 4.69) is 21.8 Å². The van der Waals surface area contributed by atoms with Gasteiger partial charge < -0.3 is 4.98 Å². The van der Waals surface area contributed by atoms with Crippen molar-refractivity contribution in [2.24, 2.45) is 4.36 Å². The summed E-state index contributed by atoms with van der Waals surface area (Å²) in [7, 11) is 0. The van der Waals surface area contributed by atoms with Gasteiger partial charge in [-0.2, -0.15) is 4.36 Å². The molecule has 0 atom stereocenters. The van der Waals surface area contributed by atoms with Crippen molar-refractivity contribution in [3.8, 4) is 0 Å². The van der Waals surface area contributed by atoms with Crippen LogP contribution in [0.25, 0.3) is 10.9 Å². The molecule has 0 amide bonds. The Hall–Kier alpha value is -1.22. The molecule has 0 fully saturated rings. The standard InChI is InChI=1S/C8H6N2S/c11-10-7-1-2-8-6(5-7)3-4-9-8/h1-5,9H. The number of fused-ring (bicyclic) bond motifs is 1.